The van der Waals surface area contributed by atoms with Crippen LogP contribution in [0.2, 0.25) is 0 Å². The van der Waals surface area contributed by atoms with Gasteiger partial charge in [0.25, 0.3) is 5.91 Å². The van der Waals surface area contributed by atoms with Gasteiger partial charge in [-0.2, -0.15) is 5.26 Å². The lowest BCUT2D eigenvalue weighted by Crippen LogP contribution is -2.37. The average Bonchev–Trinajstić information content (AvgIpc) is 3.39. The number of aliphatic imine (C=N–C) groups is 1. The van der Waals surface area contributed by atoms with E-state index in [1.807, 2.05) is 17.0 Å². The third-order valence-electron chi connectivity index (χ3n) is 5.38. The molecule has 170 valence electrons. The first-order chi connectivity index (χ1) is 15.3. The van der Waals surface area contributed by atoms with Gasteiger partial charge in [0.2, 0.25) is 6.79 Å². The average molecular weight is 477 g/mol. The molecule has 1 aromatic rings. The fraction of sp³-hybridized carbons (Fsp3) is 0.476. The minimum absolute atomic E-state index is 0.0165. The van der Waals surface area contributed by atoms with Crippen molar-refractivity contribution in [1.82, 2.24) is 5.32 Å². The number of carbonyl (C=O) groups excluding carboxylic acids is 1. The summed E-state index contributed by atoms with van der Waals surface area (Å²) in [5.74, 6) is 1.24. The summed E-state index contributed by atoms with van der Waals surface area (Å²) in [5.41, 5.74) is 0.621. The number of sulfone groups is 1. The molecule has 0 bridgehead atoms. The smallest absolute Gasteiger partial charge is 0.263 e. The summed E-state index contributed by atoms with van der Waals surface area (Å²) in [5, 5.41) is 12.5. The Balaban J connectivity index is 1.61. The summed E-state index contributed by atoms with van der Waals surface area (Å²) in [6, 6.07) is 7.00. The van der Waals surface area contributed by atoms with Crippen LogP contribution < -0.4 is 19.7 Å². The highest BCUT2D eigenvalue weighted by Gasteiger charge is 2.49. The van der Waals surface area contributed by atoms with Crippen molar-refractivity contribution >= 4 is 38.4 Å². The number of benzene rings is 1. The number of hydrogen-bond donors (Lipinski definition) is 1. The number of fused-ring (bicyclic) bond motifs is 2. The number of thioether (sulfide) groups is 1. The zero-order valence-corrected chi connectivity index (χ0v) is 19.4. The number of amides is 1. The first-order valence-electron chi connectivity index (χ1n) is 10.3. The van der Waals surface area contributed by atoms with Gasteiger partial charge in [0.05, 0.1) is 23.7 Å². The molecule has 0 aliphatic carbocycles. The Kier molecular flexibility index (Phi) is 6.35. The molecule has 3 aliphatic heterocycles. The lowest BCUT2D eigenvalue weighted by Gasteiger charge is -2.24. The fourth-order valence-electron chi connectivity index (χ4n) is 3.74. The molecule has 4 rings (SSSR count). The Morgan fingerprint density at radius 1 is 1.38 bits per heavy atom. The summed E-state index contributed by atoms with van der Waals surface area (Å²) in [6.45, 7) is 4.72. The maximum atomic E-state index is 12.3. The third-order valence-corrected chi connectivity index (χ3v) is 8.60. The van der Waals surface area contributed by atoms with Crippen molar-refractivity contribution in [1.29, 1.82) is 5.26 Å². The second-order valence-electron chi connectivity index (χ2n) is 8.21. The zero-order valence-electron chi connectivity index (χ0n) is 17.8. The molecule has 1 amide bonds. The quantitative estimate of drug-likeness (QED) is 0.489. The molecule has 0 aromatic heterocycles. The molecule has 32 heavy (non-hydrogen) atoms. The monoisotopic (exact) mass is 476 g/mol. The van der Waals surface area contributed by atoms with E-state index >= 15 is 0 Å². The number of ether oxygens (including phenoxy) is 2. The molecule has 0 unspecified atom stereocenters. The van der Waals surface area contributed by atoms with Gasteiger partial charge in [-0.1, -0.05) is 25.6 Å². The zero-order chi connectivity index (χ0) is 22.9. The van der Waals surface area contributed by atoms with Gasteiger partial charge >= 0.3 is 0 Å². The van der Waals surface area contributed by atoms with Crippen LogP contribution >= 0.6 is 11.8 Å². The molecule has 2 saturated heterocycles. The van der Waals surface area contributed by atoms with Crippen LogP contribution in [0, 0.1) is 17.2 Å². The van der Waals surface area contributed by atoms with E-state index < -0.39 is 15.7 Å². The summed E-state index contributed by atoms with van der Waals surface area (Å²) < 4.78 is 35.3. The molecular formula is C21H24N4O5S2. The van der Waals surface area contributed by atoms with E-state index in [9.17, 15) is 18.5 Å². The van der Waals surface area contributed by atoms with Gasteiger partial charge in [0.15, 0.2) is 26.5 Å². The lowest BCUT2D eigenvalue weighted by atomic mass is 10.1. The molecule has 3 heterocycles. The topological polar surface area (TPSA) is 121 Å². The van der Waals surface area contributed by atoms with Crippen molar-refractivity contribution in [3.63, 3.8) is 0 Å². The maximum Gasteiger partial charge on any atom is 0.263 e. The first-order valence-corrected chi connectivity index (χ1v) is 13.0. The molecule has 2 fully saturated rings. The Morgan fingerprint density at radius 2 is 2.16 bits per heavy atom. The summed E-state index contributed by atoms with van der Waals surface area (Å²) in [7, 11) is -3.15. The molecule has 3 aliphatic rings. The molecule has 1 aromatic carbocycles. The van der Waals surface area contributed by atoms with Crippen LogP contribution in [-0.4, -0.2) is 55.6 Å². The Labute approximate surface area is 191 Å². The molecule has 0 saturated carbocycles. The van der Waals surface area contributed by atoms with Crippen LogP contribution in [0.3, 0.4) is 0 Å². The first kappa shape index (κ1) is 22.5. The molecule has 2 atom stereocenters. The van der Waals surface area contributed by atoms with Crippen molar-refractivity contribution in [2.75, 3.05) is 29.7 Å². The van der Waals surface area contributed by atoms with Gasteiger partial charge in [-0.3, -0.25) is 4.79 Å². The molecule has 1 N–H and O–H groups in total. The molecular weight excluding hydrogens is 452 g/mol. The van der Waals surface area contributed by atoms with Gasteiger partial charge in [-0.05, 0) is 24.5 Å². The van der Waals surface area contributed by atoms with Gasteiger partial charge in [0.1, 0.15) is 11.6 Å². The SMILES string of the molecule is CC(C)CCNC(=O)/C(C#N)=C/N=C1S[C@@H]2CS(=O)(=O)C[C@@H]2N1c1ccc2c(c1)OCO2. The molecule has 11 heteroatoms. The number of hydrogen-bond acceptors (Lipinski definition) is 8. The largest absolute Gasteiger partial charge is 0.454 e. The van der Waals surface area contributed by atoms with E-state index in [2.05, 4.69) is 24.2 Å². The standard InChI is InChI=1S/C21H24N4O5S2/c1-13(2)5-6-23-20(26)14(8-22)9-24-21-25(16-10-32(27,28)11-19(16)31-21)15-3-4-17-18(7-15)30-12-29-17/h3-4,7,9,13,16,19H,5-6,10-12H2,1-2H3,(H,23,26)/b14-9+,24-21?/t16-,19+/m0/s1. The highest BCUT2D eigenvalue weighted by Crippen LogP contribution is 2.43. The second kappa shape index (κ2) is 9.03. The third kappa shape index (κ3) is 4.71. The highest BCUT2D eigenvalue weighted by molar-refractivity contribution is 8.16. The fourth-order valence-corrected chi connectivity index (χ4v) is 7.63. The van der Waals surface area contributed by atoms with Crippen LogP contribution in [-0.2, 0) is 14.6 Å². The van der Waals surface area contributed by atoms with Crippen molar-refractivity contribution < 1.29 is 22.7 Å². The van der Waals surface area contributed by atoms with Gasteiger partial charge in [-0.15, -0.1) is 0 Å². The predicted octanol–water partition coefficient (Wildman–Crippen LogP) is 2.06. The predicted molar refractivity (Wildman–Crippen MR) is 122 cm³/mol. The van der Waals surface area contributed by atoms with E-state index in [0.29, 0.717) is 29.1 Å². The van der Waals surface area contributed by atoms with E-state index in [1.54, 1.807) is 12.1 Å². The Morgan fingerprint density at radius 3 is 2.91 bits per heavy atom. The van der Waals surface area contributed by atoms with Crippen LogP contribution in [0.15, 0.2) is 35.0 Å². The summed E-state index contributed by atoms with van der Waals surface area (Å²) in [6.07, 6.45) is 2.06. The molecule has 9 nitrogen and oxygen atoms in total. The highest BCUT2D eigenvalue weighted by atomic mass is 32.2. The number of nitrogens with one attached hydrogen (secondary N) is 1. The minimum atomic E-state index is -3.15. The number of nitriles is 1. The van der Waals surface area contributed by atoms with E-state index in [4.69, 9.17) is 9.47 Å². The molecule has 0 spiro atoms. The van der Waals surface area contributed by atoms with Crippen LogP contribution in [0.25, 0.3) is 0 Å². The second-order valence-corrected chi connectivity index (χ2v) is 11.6. The lowest BCUT2D eigenvalue weighted by molar-refractivity contribution is -0.117. The van der Waals surface area contributed by atoms with Crippen molar-refractivity contribution in [3.8, 4) is 17.6 Å². The van der Waals surface area contributed by atoms with Gasteiger partial charge < -0.3 is 19.7 Å². The maximum absolute atomic E-state index is 12.3. The van der Waals surface area contributed by atoms with Crippen molar-refractivity contribution in [3.05, 3.63) is 30.0 Å². The number of carbonyl (C=O) groups is 1. The van der Waals surface area contributed by atoms with E-state index in [1.165, 1.54) is 18.0 Å². The van der Waals surface area contributed by atoms with Crippen molar-refractivity contribution in [2.45, 2.75) is 31.6 Å². The van der Waals surface area contributed by atoms with Crippen LogP contribution in [0.5, 0.6) is 11.5 Å². The molecule has 0 radical (unpaired) electrons. The summed E-state index contributed by atoms with van der Waals surface area (Å²) >= 11 is 1.34. The minimum Gasteiger partial charge on any atom is -0.454 e. The van der Waals surface area contributed by atoms with Crippen LogP contribution in [0.4, 0.5) is 5.69 Å². The van der Waals surface area contributed by atoms with Crippen LogP contribution in [0.1, 0.15) is 20.3 Å². The van der Waals surface area contributed by atoms with Crippen molar-refractivity contribution in [2.24, 2.45) is 10.9 Å². The number of nitrogens with zero attached hydrogens (tertiary/aromatic N) is 3. The number of rotatable bonds is 6. The normalized spacial score (nSPS) is 24.6. The van der Waals surface area contributed by atoms with E-state index in [0.717, 1.165) is 12.1 Å². The Hall–Kier alpha value is -2.71. The Bertz CT molecular complexity index is 1120. The number of amidine groups is 1. The van der Waals surface area contributed by atoms with Gasteiger partial charge in [-0.25, -0.2) is 13.4 Å². The summed E-state index contributed by atoms with van der Waals surface area (Å²) in [4.78, 5) is 18.6. The van der Waals surface area contributed by atoms with Gasteiger partial charge in [0, 0.05) is 23.5 Å². The number of anilines is 1. The van der Waals surface area contributed by atoms with E-state index in [-0.39, 0.29) is 35.2 Å².